The fraction of sp³-hybridized carbons (Fsp3) is 0.517. The summed E-state index contributed by atoms with van der Waals surface area (Å²) in [7, 11) is 1.63. The minimum Gasteiger partial charge on any atom is -0.382 e. The van der Waals surface area contributed by atoms with Crippen molar-refractivity contribution in [2.75, 3.05) is 38.3 Å². The van der Waals surface area contributed by atoms with Gasteiger partial charge in [-0.1, -0.05) is 18.2 Å². The van der Waals surface area contributed by atoms with Crippen LogP contribution in [0.5, 0.6) is 0 Å². The van der Waals surface area contributed by atoms with Gasteiger partial charge in [0.25, 0.3) is 5.91 Å². The number of nitriles is 1. The molecule has 6 heteroatoms. The maximum absolute atomic E-state index is 13.1. The number of hydrogen-bond acceptors (Lipinski definition) is 5. The summed E-state index contributed by atoms with van der Waals surface area (Å²) >= 11 is 0. The van der Waals surface area contributed by atoms with Gasteiger partial charge in [0, 0.05) is 25.9 Å². The Balaban J connectivity index is 1.77. The van der Waals surface area contributed by atoms with E-state index >= 15 is 0 Å². The van der Waals surface area contributed by atoms with E-state index in [2.05, 4.69) is 46.6 Å². The average Bonchev–Trinajstić information content (AvgIpc) is 2.83. The zero-order valence-corrected chi connectivity index (χ0v) is 22.0. The maximum atomic E-state index is 13.1. The standard InChI is InChI=1S/C29H39N3O3/c1-21(26(18-30)27(33)31-28(2,3)19-35-29(4,5)20-34-6)22-10-11-24-17-25(13-12-23(24)16-22)32-14-8-7-9-15-32/h10-13,16-17H,7-9,14-15,19-20H2,1-6H3,(H,31,33)/b26-21+. The fourth-order valence-corrected chi connectivity index (χ4v) is 4.44. The number of amides is 1. The number of nitrogens with one attached hydrogen (secondary N) is 1. The fourth-order valence-electron chi connectivity index (χ4n) is 4.44. The molecule has 35 heavy (non-hydrogen) atoms. The molecule has 0 aromatic heterocycles. The second-order valence-corrected chi connectivity index (χ2v) is 10.7. The molecule has 2 aromatic carbocycles. The second kappa shape index (κ2) is 11.2. The first-order valence-electron chi connectivity index (χ1n) is 12.4. The van der Waals surface area contributed by atoms with E-state index in [4.69, 9.17) is 9.47 Å². The lowest BCUT2D eigenvalue weighted by molar-refractivity contribution is -0.121. The number of rotatable bonds is 9. The highest BCUT2D eigenvalue weighted by atomic mass is 16.5. The Hall–Kier alpha value is -2.88. The van der Waals surface area contributed by atoms with Crippen LogP contribution in [-0.2, 0) is 14.3 Å². The first-order valence-corrected chi connectivity index (χ1v) is 12.4. The summed E-state index contributed by atoms with van der Waals surface area (Å²) < 4.78 is 11.1. The molecule has 0 bridgehead atoms. The van der Waals surface area contributed by atoms with Gasteiger partial charge in [-0.3, -0.25) is 4.79 Å². The molecule has 1 aliphatic heterocycles. The zero-order valence-electron chi connectivity index (χ0n) is 22.0. The Morgan fingerprint density at radius 3 is 2.34 bits per heavy atom. The van der Waals surface area contributed by atoms with Gasteiger partial charge in [0.05, 0.1) is 24.4 Å². The molecule has 1 saturated heterocycles. The van der Waals surface area contributed by atoms with Crippen molar-refractivity contribution in [3.05, 3.63) is 47.5 Å². The molecule has 188 valence electrons. The van der Waals surface area contributed by atoms with Crippen molar-refractivity contribution < 1.29 is 14.3 Å². The number of benzene rings is 2. The molecule has 0 spiro atoms. The molecule has 0 atom stereocenters. The molecule has 0 saturated carbocycles. The molecule has 3 rings (SSSR count). The SMILES string of the molecule is COCC(C)(C)OCC(C)(C)NC(=O)/C(C#N)=C(\C)c1ccc2cc(N3CCCCC3)ccc2c1. The van der Waals surface area contributed by atoms with Crippen LogP contribution in [0.25, 0.3) is 16.3 Å². The average molecular weight is 478 g/mol. The van der Waals surface area contributed by atoms with E-state index in [-0.39, 0.29) is 5.57 Å². The van der Waals surface area contributed by atoms with Crippen molar-refractivity contribution in [2.24, 2.45) is 0 Å². The van der Waals surface area contributed by atoms with Crippen LogP contribution in [-0.4, -0.2) is 50.5 Å². The van der Waals surface area contributed by atoms with E-state index in [0.717, 1.165) is 29.4 Å². The summed E-state index contributed by atoms with van der Waals surface area (Å²) in [6.45, 7) is 12.4. The van der Waals surface area contributed by atoms with Crippen LogP contribution in [0.3, 0.4) is 0 Å². The minimum absolute atomic E-state index is 0.110. The highest BCUT2D eigenvalue weighted by molar-refractivity contribution is 6.05. The minimum atomic E-state index is -0.654. The highest BCUT2D eigenvalue weighted by Crippen LogP contribution is 2.28. The number of ether oxygens (including phenoxy) is 2. The molecule has 1 amide bonds. The van der Waals surface area contributed by atoms with Crippen LogP contribution in [0, 0.1) is 11.3 Å². The first kappa shape index (κ1) is 26.7. The van der Waals surface area contributed by atoms with Crippen molar-refractivity contribution >= 4 is 27.9 Å². The number of methoxy groups -OCH3 is 1. The number of nitrogens with zero attached hydrogens (tertiary/aromatic N) is 2. The lowest BCUT2D eigenvalue weighted by Gasteiger charge is -2.32. The maximum Gasteiger partial charge on any atom is 0.262 e. The Morgan fingerprint density at radius 1 is 1.03 bits per heavy atom. The van der Waals surface area contributed by atoms with Gasteiger partial charge in [0.2, 0.25) is 0 Å². The quantitative estimate of drug-likeness (QED) is 0.383. The summed E-state index contributed by atoms with van der Waals surface area (Å²) in [4.78, 5) is 15.5. The van der Waals surface area contributed by atoms with E-state index in [0.29, 0.717) is 18.8 Å². The van der Waals surface area contributed by atoms with Gasteiger partial charge in [-0.25, -0.2) is 0 Å². The van der Waals surface area contributed by atoms with Crippen molar-refractivity contribution in [1.29, 1.82) is 5.26 Å². The number of allylic oxidation sites excluding steroid dienone is 1. The third kappa shape index (κ3) is 7.06. The third-order valence-corrected chi connectivity index (χ3v) is 6.46. The van der Waals surface area contributed by atoms with Crippen molar-refractivity contribution in [2.45, 2.75) is 65.0 Å². The van der Waals surface area contributed by atoms with Crippen LogP contribution in [0.15, 0.2) is 42.0 Å². The number of piperidine rings is 1. The van der Waals surface area contributed by atoms with Gasteiger partial charge in [-0.15, -0.1) is 0 Å². The zero-order chi connectivity index (χ0) is 25.6. The van der Waals surface area contributed by atoms with E-state index < -0.39 is 17.0 Å². The molecule has 1 aliphatic rings. The smallest absolute Gasteiger partial charge is 0.262 e. The Bertz CT molecular complexity index is 1120. The van der Waals surface area contributed by atoms with E-state index in [1.807, 2.05) is 40.7 Å². The van der Waals surface area contributed by atoms with E-state index in [9.17, 15) is 10.1 Å². The Kier molecular flexibility index (Phi) is 8.58. The molecule has 1 N–H and O–H groups in total. The van der Waals surface area contributed by atoms with Gasteiger partial charge in [0.1, 0.15) is 11.6 Å². The van der Waals surface area contributed by atoms with Crippen LogP contribution in [0.4, 0.5) is 5.69 Å². The lowest BCUT2D eigenvalue weighted by Crippen LogP contribution is -2.49. The Morgan fingerprint density at radius 2 is 1.69 bits per heavy atom. The first-order chi connectivity index (χ1) is 16.5. The molecular formula is C29H39N3O3. The molecule has 1 heterocycles. The molecule has 0 unspecified atom stereocenters. The largest absolute Gasteiger partial charge is 0.382 e. The number of carbonyl (C=O) groups excluding carboxylic acids is 1. The van der Waals surface area contributed by atoms with Crippen molar-refractivity contribution in [3.63, 3.8) is 0 Å². The molecule has 1 fully saturated rings. The number of hydrogen-bond donors (Lipinski definition) is 1. The summed E-state index contributed by atoms with van der Waals surface area (Å²) in [5.41, 5.74) is 1.76. The van der Waals surface area contributed by atoms with Crippen LogP contribution >= 0.6 is 0 Å². The summed E-state index contributed by atoms with van der Waals surface area (Å²) in [5.74, 6) is -0.399. The monoisotopic (exact) mass is 477 g/mol. The lowest BCUT2D eigenvalue weighted by atomic mass is 9.97. The van der Waals surface area contributed by atoms with Crippen molar-refractivity contribution in [1.82, 2.24) is 5.32 Å². The third-order valence-electron chi connectivity index (χ3n) is 6.46. The van der Waals surface area contributed by atoms with E-state index in [1.165, 1.54) is 24.9 Å². The van der Waals surface area contributed by atoms with Crippen LogP contribution in [0.2, 0.25) is 0 Å². The number of carbonyl (C=O) groups is 1. The summed E-state index contributed by atoms with van der Waals surface area (Å²) in [6.07, 6.45) is 3.80. The number of anilines is 1. The van der Waals surface area contributed by atoms with Gasteiger partial charge in [-0.05, 0) is 94.0 Å². The van der Waals surface area contributed by atoms with Gasteiger partial charge in [0.15, 0.2) is 0 Å². The van der Waals surface area contributed by atoms with Gasteiger partial charge < -0.3 is 19.7 Å². The van der Waals surface area contributed by atoms with E-state index in [1.54, 1.807) is 7.11 Å². The topological polar surface area (TPSA) is 74.6 Å². The highest BCUT2D eigenvalue weighted by Gasteiger charge is 2.28. The number of fused-ring (bicyclic) bond motifs is 1. The van der Waals surface area contributed by atoms with Crippen LogP contribution < -0.4 is 10.2 Å². The Labute approximate surface area is 209 Å². The van der Waals surface area contributed by atoms with Crippen molar-refractivity contribution in [3.8, 4) is 6.07 Å². The molecular weight excluding hydrogens is 438 g/mol. The predicted molar refractivity (Wildman–Crippen MR) is 142 cm³/mol. The summed E-state index contributed by atoms with van der Waals surface area (Å²) in [5, 5.41) is 15.0. The van der Waals surface area contributed by atoms with Crippen LogP contribution in [0.1, 0.15) is 59.4 Å². The normalized spacial score (nSPS) is 15.5. The second-order valence-electron chi connectivity index (χ2n) is 10.7. The molecule has 2 aromatic rings. The van der Waals surface area contributed by atoms with Gasteiger partial charge >= 0.3 is 0 Å². The molecule has 0 aliphatic carbocycles. The molecule has 6 nitrogen and oxygen atoms in total. The summed E-state index contributed by atoms with van der Waals surface area (Å²) in [6, 6.07) is 14.8. The van der Waals surface area contributed by atoms with Gasteiger partial charge in [-0.2, -0.15) is 5.26 Å². The predicted octanol–water partition coefficient (Wildman–Crippen LogP) is 5.46. The molecule has 0 radical (unpaired) electrons.